The molecule has 2 aliphatic rings. The molecular formula is C15H26N2O2. The van der Waals surface area contributed by atoms with Gasteiger partial charge in [0.1, 0.15) is 0 Å². The molecule has 2 fully saturated rings. The Morgan fingerprint density at radius 2 is 1.79 bits per heavy atom. The molecule has 0 spiro atoms. The van der Waals surface area contributed by atoms with E-state index in [1.165, 1.54) is 19.3 Å². The van der Waals surface area contributed by atoms with Crippen molar-refractivity contribution in [1.29, 1.82) is 0 Å². The smallest absolute Gasteiger partial charge is 0.240 e. The molecular weight excluding hydrogens is 240 g/mol. The lowest BCUT2D eigenvalue weighted by atomic mass is 9.83. The number of nitrogens with one attached hydrogen (secondary N) is 1. The topological polar surface area (TPSA) is 49.4 Å². The van der Waals surface area contributed by atoms with Gasteiger partial charge in [0, 0.05) is 6.54 Å². The molecule has 2 rings (SSSR count). The third kappa shape index (κ3) is 3.16. The van der Waals surface area contributed by atoms with Crippen LogP contribution in [0.15, 0.2) is 0 Å². The second-order valence-corrected chi connectivity index (χ2v) is 5.96. The summed E-state index contributed by atoms with van der Waals surface area (Å²) in [5, 5.41) is 3.21. The normalized spacial score (nSPS) is 26.4. The van der Waals surface area contributed by atoms with Crippen molar-refractivity contribution in [3.8, 4) is 0 Å². The van der Waals surface area contributed by atoms with Crippen molar-refractivity contribution >= 4 is 11.7 Å². The molecule has 1 aliphatic carbocycles. The highest BCUT2D eigenvalue weighted by Crippen LogP contribution is 2.29. The number of Topliss-reactive ketones (excluding diaryl/α,β-unsaturated/α-hetero) is 1. The molecule has 4 heteroatoms. The fourth-order valence-corrected chi connectivity index (χ4v) is 3.66. The zero-order valence-electron chi connectivity index (χ0n) is 12.2. The van der Waals surface area contributed by atoms with Gasteiger partial charge in [-0.25, -0.2) is 0 Å². The van der Waals surface area contributed by atoms with Crippen molar-refractivity contribution < 1.29 is 9.59 Å². The fraction of sp³-hybridized carbons (Fsp3) is 0.867. The lowest BCUT2D eigenvalue weighted by molar-refractivity contribution is -0.140. The summed E-state index contributed by atoms with van der Waals surface area (Å²) in [6.45, 7) is 2.35. The van der Waals surface area contributed by atoms with Crippen molar-refractivity contribution in [2.45, 2.75) is 64.0 Å². The maximum Gasteiger partial charge on any atom is 0.240 e. The predicted molar refractivity (Wildman–Crippen MR) is 74.8 cm³/mol. The monoisotopic (exact) mass is 266 g/mol. The summed E-state index contributed by atoms with van der Waals surface area (Å²) in [5.74, 6) is 0.718. The van der Waals surface area contributed by atoms with E-state index in [4.69, 9.17) is 0 Å². The van der Waals surface area contributed by atoms with Crippen LogP contribution in [0.5, 0.6) is 0 Å². The van der Waals surface area contributed by atoms with Gasteiger partial charge in [0.25, 0.3) is 0 Å². The standard InChI is InChI=1S/C15H26N2O2/c1-11(18)13-9-6-10-17(13)15(19)14(16-2)12-7-4-3-5-8-12/h12-14,16H,3-10H2,1-2H3. The highest BCUT2D eigenvalue weighted by Gasteiger charge is 2.37. The number of nitrogens with zero attached hydrogens (tertiary/aromatic N) is 1. The third-order valence-electron chi connectivity index (χ3n) is 4.70. The molecule has 1 saturated heterocycles. The summed E-state index contributed by atoms with van der Waals surface area (Å²) in [4.78, 5) is 26.2. The number of hydrogen-bond donors (Lipinski definition) is 1. The highest BCUT2D eigenvalue weighted by atomic mass is 16.2. The van der Waals surface area contributed by atoms with Crippen LogP contribution in [0.4, 0.5) is 0 Å². The Bertz CT molecular complexity index is 337. The molecule has 1 N–H and O–H groups in total. The number of likely N-dealkylation sites (tertiary alicyclic amines) is 1. The van der Waals surface area contributed by atoms with Gasteiger partial charge in [-0.1, -0.05) is 19.3 Å². The molecule has 0 bridgehead atoms. The Morgan fingerprint density at radius 3 is 2.37 bits per heavy atom. The van der Waals surface area contributed by atoms with E-state index < -0.39 is 0 Å². The molecule has 1 amide bonds. The molecule has 0 aromatic heterocycles. The fourth-order valence-electron chi connectivity index (χ4n) is 3.66. The molecule has 1 saturated carbocycles. The predicted octanol–water partition coefficient (Wildman–Crippen LogP) is 1.73. The van der Waals surface area contributed by atoms with Gasteiger partial charge < -0.3 is 10.2 Å². The maximum absolute atomic E-state index is 12.7. The van der Waals surface area contributed by atoms with Gasteiger partial charge in [-0.3, -0.25) is 9.59 Å². The molecule has 0 radical (unpaired) electrons. The van der Waals surface area contributed by atoms with Crippen LogP contribution in [0.25, 0.3) is 0 Å². The van der Waals surface area contributed by atoms with E-state index in [9.17, 15) is 9.59 Å². The molecule has 0 aromatic rings. The Morgan fingerprint density at radius 1 is 1.11 bits per heavy atom. The summed E-state index contributed by atoms with van der Waals surface area (Å²) < 4.78 is 0. The number of carbonyl (C=O) groups is 2. The third-order valence-corrected chi connectivity index (χ3v) is 4.70. The molecule has 2 atom stereocenters. The zero-order valence-corrected chi connectivity index (χ0v) is 12.2. The van der Waals surface area contributed by atoms with Crippen LogP contribution in [-0.2, 0) is 9.59 Å². The van der Waals surface area contributed by atoms with E-state index in [1.54, 1.807) is 6.92 Å². The zero-order chi connectivity index (χ0) is 13.8. The first-order valence-electron chi connectivity index (χ1n) is 7.63. The molecule has 1 aliphatic heterocycles. The number of carbonyl (C=O) groups excluding carboxylic acids is 2. The summed E-state index contributed by atoms with van der Waals surface area (Å²) in [6, 6.07) is -0.271. The van der Waals surface area contributed by atoms with Crippen LogP contribution in [0.3, 0.4) is 0 Å². The highest BCUT2D eigenvalue weighted by molar-refractivity contribution is 5.90. The summed E-state index contributed by atoms with van der Waals surface area (Å²) >= 11 is 0. The van der Waals surface area contributed by atoms with Gasteiger partial charge in [0.05, 0.1) is 12.1 Å². The minimum Gasteiger partial charge on any atom is -0.331 e. The number of hydrogen-bond acceptors (Lipinski definition) is 3. The largest absolute Gasteiger partial charge is 0.331 e. The van der Waals surface area contributed by atoms with Gasteiger partial charge in [0.2, 0.25) is 5.91 Å². The Hall–Kier alpha value is -0.900. The molecule has 108 valence electrons. The summed E-state index contributed by atoms with van der Waals surface area (Å²) in [6.07, 6.45) is 7.81. The second-order valence-electron chi connectivity index (χ2n) is 5.96. The van der Waals surface area contributed by atoms with Gasteiger partial charge in [0.15, 0.2) is 5.78 Å². The van der Waals surface area contributed by atoms with E-state index in [-0.39, 0.29) is 23.8 Å². The van der Waals surface area contributed by atoms with Crippen molar-refractivity contribution in [2.24, 2.45) is 5.92 Å². The Balaban J connectivity index is 2.05. The molecule has 0 aromatic carbocycles. The summed E-state index contributed by atoms with van der Waals surface area (Å²) in [5.41, 5.74) is 0. The van der Waals surface area contributed by atoms with E-state index in [1.807, 2.05) is 11.9 Å². The second kappa shape index (κ2) is 6.51. The average Bonchev–Trinajstić information content (AvgIpc) is 2.90. The minimum absolute atomic E-state index is 0.0970. The van der Waals surface area contributed by atoms with Crippen LogP contribution in [-0.4, -0.2) is 42.3 Å². The summed E-state index contributed by atoms with van der Waals surface area (Å²) in [7, 11) is 1.87. The van der Waals surface area contributed by atoms with E-state index in [2.05, 4.69) is 5.32 Å². The van der Waals surface area contributed by atoms with Crippen LogP contribution < -0.4 is 5.32 Å². The molecule has 4 nitrogen and oxygen atoms in total. The van der Waals surface area contributed by atoms with Gasteiger partial charge in [-0.15, -0.1) is 0 Å². The number of rotatable bonds is 4. The van der Waals surface area contributed by atoms with Crippen molar-refractivity contribution in [2.75, 3.05) is 13.6 Å². The van der Waals surface area contributed by atoms with Crippen LogP contribution in [0, 0.1) is 5.92 Å². The van der Waals surface area contributed by atoms with Crippen molar-refractivity contribution in [1.82, 2.24) is 10.2 Å². The van der Waals surface area contributed by atoms with Gasteiger partial charge in [-0.05, 0) is 45.6 Å². The first-order chi connectivity index (χ1) is 9.15. The average molecular weight is 266 g/mol. The lowest BCUT2D eigenvalue weighted by Gasteiger charge is -2.33. The Kier molecular flexibility index (Phi) is 4.97. The van der Waals surface area contributed by atoms with Crippen LogP contribution in [0.2, 0.25) is 0 Å². The number of amides is 1. The van der Waals surface area contributed by atoms with E-state index in [0.29, 0.717) is 5.92 Å². The molecule has 2 unspecified atom stereocenters. The lowest BCUT2D eigenvalue weighted by Crippen LogP contribution is -2.52. The van der Waals surface area contributed by atoms with Crippen LogP contribution in [0.1, 0.15) is 51.9 Å². The number of ketones is 1. The van der Waals surface area contributed by atoms with E-state index in [0.717, 1.165) is 32.2 Å². The van der Waals surface area contributed by atoms with Crippen molar-refractivity contribution in [3.05, 3.63) is 0 Å². The Labute approximate surface area is 115 Å². The quantitative estimate of drug-likeness (QED) is 0.843. The maximum atomic E-state index is 12.7. The molecule has 1 heterocycles. The minimum atomic E-state index is -0.174. The molecule has 19 heavy (non-hydrogen) atoms. The van der Waals surface area contributed by atoms with Crippen molar-refractivity contribution in [3.63, 3.8) is 0 Å². The first-order valence-corrected chi connectivity index (χ1v) is 7.63. The van der Waals surface area contributed by atoms with Crippen LogP contribution >= 0.6 is 0 Å². The van der Waals surface area contributed by atoms with Gasteiger partial charge in [-0.2, -0.15) is 0 Å². The van der Waals surface area contributed by atoms with Gasteiger partial charge >= 0.3 is 0 Å². The van der Waals surface area contributed by atoms with E-state index >= 15 is 0 Å². The SMILES string of the molecule is CNC(C(=O)N1CCCC1C(C)=O)C1CCCCC1. The first kappa shape index (κ1) is 14.5. The number of likely N-dealkylation sites (N-methyl/N-ethyl adjacent to an activating group) is 1.